The van der Waals surface area contributed by atoms with Crippen molar-refractivity contribution in [3.05, 3.63) is 24.8 Å². The Morgan fingerprint density at radius 1 is 1.29 bits per heavy atom. The first-order valence-electron chi connectivity index (χ1n) is 1.62. The molecule has 0 amide bonds. The van der Waals surface area contributed by atoms with Crippen molar-refractivity contribution >= 4 is 0 Å². The Bertz CT molecular complexity index is 81.6. The minimum absolute atomic E-state index is 0. The van der Waals surface area contributed by atoms with Gasteiger partial charge in [0.25, 0.3) is 0 Å². The number of hydrogen-bond acceptors (Lipinski definition) is 2. The van der Waals surface area contributed by atoms with Crippen LogP contribution in [0.25, 0.3) is 0 Å². The molecule has 0 aliphatic rings. The predicted molar refractivity (Wildman–Crippen MR) is 20.9 cm³/mol. The molecule has 1 radical (unpaired) electrons. The fourth-order valence-corrected chi connectivity index (χ4v) is 0.225. The van der Waals surface area contributed by atoms with E-state index in [2.05, 4.69) is 16.2 Å². The van der Waals surface area contributed by atoms with Crippen LogP contribution in [0, 0.1) is 6.20 Å². The Hall–Kier alpha value is -0.271. The molecule has 0 fully saturated rings. The molecule has 0 atom stereocenters. The van der Waals surface area contributed by atoms with Gasteiger partial charge in [-0.2, -0.15) is 0 Å². The second kappa shape index (κ2) is 3.90. The van der Waals surface area contributed by atoms with E-state index in [1.54, 1.807) is 12.4 Å². The van der Waals surface area contributed by atoms with Crippen molar-refractivity contribution in [3.8, 4) is 0 Å². The third-order valence-electron chi connectivity index (χ3n) is 0.434. The second-order valence-electron chi connectivity index (χ2n) is 0.835. The fourth-order valence-electron chi connectivity index (χ4n) is 0.225. The number of hydrogen-bond donors (Lipinski definition) is 0. The number of aromatic nitrogens is 2. The Kier molecular flexibility index (Phi) is 3.75. The summed E-state index contributed by atoms with van der Waals surface area (Å²) in [6, 6.07) is 0. The van der Waals surface area contributed by atoms with Gasteiger partial charge in [0.05, 0.1) is 0 Å². The monoisotopic (exact) mass is 272 g/mol. The van der Waals surface area contributed by atoms with E-state index in [0.717, 1.165) is 0 Å². The minimum Gasteiger partial charge on any atom is -0.456 e. The van der Waals surface area contributed by atoms with Crippen LogP contribution in [-0.2, 0) is 20.1 Å². The summed E-state index contributed by atoms with van der Waals surface area (Å²) in [4.78, 5) is 7.26. The molecule has 0 N–H and O–H groups in total. The normalized spacial score (nSPS) is 6.86. The van der Waals surface area contributed by atoms with Crippen molar-refractivity contribution in [2.75, 3.05) is 0 Å². The van der Waals surface area contributed by atoms with Gasteiger partial charge in [0, 0.05) is 20.1 Å². The van der Waals surface area contributed by atoms with Crippen LogP contribution in [0.15, 0.2) is 18.6 Å². The smallest absolute Gasteiger partial charge is 0 e. The van der Waals surface area contributed by atoms with Gasteiger partial charge in [-0.25, -0.2) is 0 Å². The van der Waals surface area contributed by atoms with E-state index in [1.807, 2.05) is 0 Å². The van der Waals surface area contributed by atoms with Gasteiger partial charge in [-0.05, 0) is 12.4 Å². The fraction of sp³-hybridized carbons (Fsp3) is 0. The summed E-state index contributed by atoms with van der Waals surface area (Å²) in [6.07, 6.45) is 7.24. The predicted octanol–water partition coefficient (Wildman–Crippen LogP) is 0.274. The maximum atomic E-state index is 3.67. The Labute approximate surface area is 55.3 Å². The maximum Gasteiger partial charge on any atom is 0 e. The Morgan fingerprint density at radius 2 is 2.14 bits per heavy atom. The first kappa shape index (κ1) is 6.73. The largest absolute Gasteiger partial charge is 0.456 e. The molecule has 2 nitrogen and oxygen atoms in total. The molecule has 1 aromatic rings. The van der Waals surface area contributed by atoms with Gasteiger partial charge in [-0.15, -0.1) is 12.4 Å². The average molecular weight is 271 g/mol. The summed E-state index contributed by atoms with van der Waals surface area (Å²) in [5.41, 5.74) is 0. The van der Waals surface area contributed by atoms with Gasteiger partial charge in [-0.3, -0.25) is 0 Å². The van der Waals surface area contributed by atoms with E-state index in [0.29, 0.717) is 0 Å². The maximum absolute atomic E-state index is 3.67. The van der Waals surface area contributed by atoms with Crippen LogP contribution in [-0.4, -0.2) is 9.97 Å². The van der Waals surface area contributed by atoms with Crippen molar-refractivity contribution < 1.29 is 20.1 Å². The molecule has 39 valence electrons. The second-order valence-corrected chi connectivity index (χ2v) is 0.835. The summed E-state index contributed by atoms with van der Waals surface area (Å²) < 4.78 is 0. The van der Waals surface area contributed by atoms with E-state index in [-0.39, 0.29) is 20.1 Å². The Balaban J connectivity index is 0.000000360. The molecular formula is C4H3IrN2-. The van der Waals surface area contributed by atoms with Crippen LogP contribution in [0.5, 0.6) is 0 Å². The van der Waals surface area contributed by atoms with Crippen LogP contribution >= 0.6 is 0 Å². The van der Waals surface area contributed by atoms with Crippen LogP contribution in [0.4, 0.5) is 0 Å². The molecule has 0 aliphatic carbocycles. The molecule has 1 aromatic heterocycles. The van der Waals surface area contributed by atoms with Crippen molar-refractivity contribution in [1.29, 1.82) is 0 Å². The van der Waals surface area contributed by atoms with Crippen molar-refractivity contribution in [2.24, 2.45) is 0 Å². The summed E-state index contributed by atoms with van der Waals surface area (Å²) in [5, 5.41) is 0. The summed E-state index contributed by atoms with van der Waals surface area (Å²) in [6.45, 7) is 0. The molecule has 0 unspecified atom stereocenters. The first-order valence-corrected chi connectivity index (χ1v) is 1.62. The standard InChI is InChI=1S/C4H3N2.Ir/c1-2-6-4-3-5-1;/h1-3H;/q-1;. The zero-order valence-corrected chi connectivity index (χ0v) is 5.85. The van der Waals surface area contributed by atoms with Crippen LogP contribution in [0.1, 0.15) is 0 Å². The van der Waals surface area contributed by atoms with E-state index >= 15 is 0 Å². The first-order chi connectivity index (χ1) is 3.00. The van der Waals surface area contributed by atoms with Gasteiger partial charge >= 0.3 is 0 Å². The van der Waals surface area contributed by atoms with Gasteiger partial charge in [0.15, 0.2) is 0 Å². The molecule has 0 saturated carbocycles. The number of nitrogens with zero attached hydrogens (tertiary/aromatic N) is 2. The van der Waals surface area contributed by atoms with Gasteiger partial charge in [0.1, 0.15) is 0 Å². The van der Waals surface area contributed by atoms with Gasteiger partial charge in [0.2, 0.25) is 0 Å². The summed E-state index contributed by atoms with van der Waals surface area (Å²) in [5.74, 6) is 0. The van der Waals surface area contributed by atoms with E-state index in [4.69, 9.17) is 0 Å². The minimum atomic E-state index is 0. The molecule has 0 aromatic carbocycles. The molecule has 0 saturated heterocycles. The molecular weight excluding hydrogens is 268 g/mol. The quantitative estimate of drug-likeness (QED) is 0.633. The molecule has 1 rings (SSSR count). The average Bonchev–Trinajstić information content (AvgIpc) is 1.72. The number of rotatable bonds is 0. The van der Waals surface area contributed by atoms with Crippen LogP contribution < -0.4 is 0 Å². The van der Waals surface area contributed by atoms with Crippen LogP contribution in [0.2, 0.25) is 0 Å². The summed E-state index contributed by atoms with van der Waals surface area (Å²) in [7, 11) is 0. The summed E-state index contributed by atoms with van der Waals surface area (Å²) >= 11 is 0. The molecule has 0 bridgehead atoms. The third-order valence-corrected chi connectivity index (χ3v) is 0.434. The molecule has 3 heteroatoms. The van der Waals surface area contributed by atoms with Crippen molar-refractivity contribution in [2.45, 2.75) is 0 Å². The zero-order chi connectivity index (χ0) is 4.24. The van der Waals surface area contributed by atoms with Crippen molar-refractivity contribution in [1.82, 2.24) is 9.97 Å². The molecule has 7 heavy (non-hydrogen) atoms. The van der Waals surface area contributed by atoms with Crippen molar-refractivity contribution in [3.63, 3.8) is 0 Å². The third kappa shape index (κ3) is 2.43. The van der Waals surface area contributed by atoms with E-state index < -0.39 is 0 Å². The van der Waals surface area contributed by atoms with E-state index in [9.17, 15) is 0 Å². The van der Waals surface area contributed by atoms with Crippen LogP contribution in [0.3, 0.4) is 0 Å². The molecule has 0 aliphatic heterocycles. The molecule has 1 heterocycles. The SMILES string of the molecule is [Ir].[c-]1cnccn1. The van der Waals surface area contributed by atoms with E-state index in [1.165, 1.54) is 6.20 Å². The Morgan fingerprint density at radius 3 is 2.29 bits per heavy atom. The topological polar surface area (TPSA) is 25.8 Å². The van der Waals surface area contributed by atoms with Gasteiger partial charge < -0.3 is 9.97 Å². The van der Waals surface area contributed by atoms with Gasteiger partial charge in [-0.1, -0.05) is 0 Å². The zero-order valence-electron chi connectivity index (χ0n) is 3.46. The molecule has 0 spiro atoms.